The fourth-order valence-corrected chi connectivity index (χ4v) is 2.52. The minimum Gasteiger partial charge on any atom is -0.465 e. The van der Waals surface area contributed by atoms with Crippen LogP contribution >= 0.6 is 11.3 Å². The average Bonchev–Trinajstić information content (AvgIpc) is 2.93. The summed E-state index contributed by atoms with van der Waals surface area (Å²) < 4.78 is 4.69. The molecule has 1 aromatic heterocycles. The highest BCUT2D eigenvalue weighted by Gasteiger charge is 2.09. The zero-order chi connectivity index (χ0) is 14.5. The van der Waals surface area contributed by atoms with Crippen LogP contribution in [0.3, 0.4) is 0 Å². The maximum absolute atomic E-state index is 11.5. The molecule has 106 valence electrons. The Hall–Kier alpha value is -2.08. The summed E-state index contributed by atoms with van der Waals surface area (Å²) in [6, 6.07) is 5.02. The smallest absolute Gasteiger partial charge is 0.337 e. The van der Waals surface area contributed by atoms with Gasteiger partial charge in [-0.3, -0.25) is 0 Å². The minimum absolute atomic E-state index is 0.379. The molecule has 0 aliphatic carbocycles. The first-order chi connectivity index (χ1) is 9.63. The van der Waals surface area contributed by atoms with Gasteiger partial charge in [0.2, 0.25) is 0 Å². The van der Waals surface area contributed by atoms with E-state index in [-0.39, 0.29) is 5.97 Å². The van der Waals surface area contributed by atoms with Gasteiger partial charge in [0.15, 0.2) is 0 Å². The first-order valence-corrected chi connectivity index (χ1v) is 7.11. The molecule has 0 saturated carbocycles. The highest BCUT2D eigenvalue weighted by molar-refractivity contribution is 7.11. The van der Waals surface area contributed by atoms with Gasteiger partial charge in [-0.2, -0.15) is 0 Å². The van der Waals surface area contributed by atoms with Crippen molar-refractivity contribution < 1.29 is 9.53 Å². The van der Waals surface area contributed by atoms with Gasteiger partial charge in [-0.1, -0.05) is 6.92 Å². The Morgan fingerprint density at radius 3 is 2.95 bits per heavy atom. The summed E-state index contributed by atoms with van der Waals surface area (Å²) in [6.45, 7) is 2.68. The number of nitrogen functional groups attached to an aromatic ring is 1. The van der Waals surface area contributed by atoms with E-state index < -0.39 is 0 Å². The summed E-state index contributed by atoms with van der Waals surface area (Å²) in [6.07, 6.45) is 2.87. The zero-order valence-electron chi connectivity index (χ0n) is 11.5. The van der Waals surface area contributed by atoms with E-state index in [0.29, 0.717) is 23.5 Å². The lowest BCUT2D eigenvalue weighted by Gasteiger charge is -2.09. The van der Waals surface area contributed by atoms with Gasteiger partial charge in [0, 0.05) is 11.1 Å². The van der Waals surface area contributed by atoms with E-state index in [1.807, 2.05) is 6.20 Å². The lowest BCUT2D eigenvalue weighted by molar-refractivity contribution is 0.0601. The molecule has 1 heterocycles. The maximum Gasteiger partial charge on any atom is 0.337 e. The van der Waals surface area contributed by atoms with Crippen LogP contribution < -0.4 is 11.1 Å². The summed E-state index contributed by atoms with van der Waals surface area (Å²) in [5.74, 6) is -0.379. The predicted molar refractivity (Wildman–Crippen MR) is 81.0 cm³/mol. The number of nitrogens with zero attached hydrogens (tertiary/aromatic N) is 1. The van der Waals surface area contributed by atoms with Crippen LogP contribution in [0.4, 0.5) is 11.4 Å². The van der Waals surface area contributed by atoms with Gasteiger partial charge in [-0.05, 0) is 24.6 Å². The highest BCUT2D eigenvalue weighted by Crippen LogP contribution is 2.22. The number of benzene rings is 1. The third-order valence-corrected chi connectivity index (χ3v) is 4.00. The van der Waals surface area contributed by atoms with Crippen molar-refractivity contribution in [3.05, 3.63) is 39.8 Å². The van der Waals surface area contributed by atoms with E-state index >= 15 is 0 Å². The van der Waals surface area contributed by atoms with Gasteiger partial charge in [0.1, 0.15) is 5.01 Å². The Bertz CT molecular complexity index is 610. The Morgan fingerprint density at radius 1 is 1.50 bits per heavy atom. The molecule has 5 nitrogen and oxygen atoms in total. The van der Waals surface area contributed by atoms with Gasteiger partial charge < -0.3 is 15.8 Å². The number of aryl methyl sites for hydroxylation is 1. The molecule has 3 N–H and O–H groups in total. The average molecular weight is 291 g/mol. The maximum atomic E-state index is 11.5. The summed E-state index contributed by atoms with van der Waals surface area (Å²) in [4.78, 5) is 17.1. The molecule has 0 amide bonds. The monoisotopic (exact) mass is 291 g/mol. The Labute approximate surface area is 121 Å². The molecule has 0 aliphatic heterocycles. The summed E-state index contributed by atoms with van der Waals surface area (Å²) in [5, 5.41) is 4.19. The van der Waals surface area contributed by atoms with Gasteiger partial charge in [0.25, 0.3) is 0 Å². The minimum atomic E-state index is -0.379. The topological polar surface area (TPSA) is 77.2 Å². The number of nitrogens with two attached hydrogens (primary N) is 1. The fourth-order valence-electron chi connectivity index (χ4n) is 1.72. The van der Waals surface area contributed by atoms with Crippen LogP contribution in [0, 0.1) is 0 Å². The number of hydrogen-bond acceptors (Lipinski definition) is 6. The summed E-state index contributed by atoms with van der Waals surface area (Å²) in [7, 11) is 1.35. The molecule has 0 saturated heterocycles. The van der Waals surface area contributed by atoms with Gasteiger partial charge in [0.05, 0.1) is 30.6 Å². The van der Waals surface area contributed by atoms with Crippen molar-refractivity contribution in [3.8, 4) is 0 Å². The third-order valence-electron chi connectivity index (χ3n) is 2.85. The van der Waals surface area contributed by atoms with Gasteiger partial charge >= 0.3 is 5.97 Å². The lowest BCUT2D eigenvalue weighted by Crippen LogP contribution is -2.06. The SMILES string of the molecule is CCc1cnc(CNc2cc(C(=O)OC)ccc2N)s1. The van der Waals surface area contributed by atoms with Crippen molar-refractivity contribution >= 4 is 28.7 Å². The molecular weight excluding hydrogens is 274 g/mol. The zero-order valence-corrected chi connectivity index (χ0v) is 12.3. The van der Waals surface area contributed by atoms with Crippen molar-refractivity contribution in [3.63, 3.8) is 0 Å². The van der Waals surface area contributed by atoms with Crippen LogP contribution in [0.15, 0.2) is 24.4 Å². The van der Waals surface area contributed by atoms with E-state index in [1.54, 1.807) is 29.5 Å². The first kappa shape index (κ1) is 14.3. The van der Waals surface area contributed by atoms with Gasteiger partial charge in [-0.15, -0.1) is 11.3 Å². The molecular formula is C14H17N3O2S. The van der Waals surface area contributed by atoms with Crippen molar-refractivity contribution in [1.82, 2.24) is 4.98 Å². The molecule has 0 bridgehead atoms. The second-order valence-corrected chi connectivity index (χ2v) is 5.42. The molecule has 0 unspecified atom stereocenters. The predicted octanol–water partition coefficient (Wildman–Crippen LogP) is 2.69. The number of carbonyl (C=O) groups is 1. The standard InChI is InChI=1S/C14H17N3O2S/c1-3-10-7-17-13(20-10)8-16-12-6-9(14(18)19-2)4-5-11(12)15/h4-7,16H,3,8,15H2,1-2H3. The largest absolute Gasteiger partial charge is 0.465 e. The summed E-state index contributed by atoms with van der Waals surface area (Å²) in [5.41, 5.74) is 7.66. The molecule has 20 heavy (non-hydrogen) atoms. The molecule has 0 atom stereocenters. The molecule has 1 aromatic carbocycles. The summed E-state index contributed by atoms with van der Waals surface area (Å²) >= 11 is 1.67. The number of anilines is 2. The third kappa shape index (κ3) is 3.27. The number of carbonyl (C=O) groups excluding carboxylic acids is 1. The molecule has 2 rings (SSSR count). The van der Waals surface area contributed by atoms with Crippen LogP contribution in [0.5, 0.6) is 0 Å². The van der Waals surface area contributed by atoms with E-state index in [2.05, 4.69) is 17.2 Å². The number of hydrogen-bond donors (Lipinski definition) is 2. The van der Waals surface area contributed by atoms with Crippen molar-refractivity contribution in [1.29, 1.82) is 0 Å². The van der Waals surface area contributed by atoms with Crippen LogP contribution in [0.2, 0.25) is 0 Å². The molecule has 2 aromatic rings. The fraction of sp³-hybridized carbons (Fsp3) is 0.286. The highest BCUT2D eigenvalue weighted by atomic mass is 32.1. The van der Waals surface area contributed by atoms with E-state index in [9.17, 15) is 4.79 Å². The van der Waals surface area contributed by atoms with Crippen LogP contribution in [0.25, 0.3) is 0 Å². The van der Waals surface area contributed by atoms with Crippen LogP contribution in [-0.4, -0.2) is 18.1 Å². The van der Waals surface area contributed by atoms with Crippen molar-refractivity contribution in [2.45, 2.75) is 19.9 Å². The Morgan fingerprint density at radius 2 is 2.30 bits per heavy atom. The van der Waals surface area contributed by atoms with Crippen LogP contribution in [0.1, 0.15) is 27.2 Å². The first-order valence-electron chi connectivity index (χ1n) is 6.29. The molecule has 6 heteroatoms. The van der Waals surface area contributed by atoms with Gasteiger partial charge in [-0.25, -0.2) is 9.78 Å². The van der Waals surface area contributed by atoms with Crippen LogP contribution in [-0.2, 0) is 17.7 Å². The Kier molecular flexibility index (Phi) is 4.57. The molecule has 0 aliphatic rings. The van der Waals surface area contributed by atoms with E-state index in [1.165, 1.54) is 12.0 Å². The normalized spacial score (nSPS) is 10.3. The number of aromatic nitrogens is 1. The number of nitrogens with one attached hydrogen (secondary N) is 1. The van der Waals surface area contributed by atoms with Crippen molar-refractivity contribution in [2.75, 3.05) is 18.2 Å². The lowest BCUT2D eigenvalue weighted by atomic mass is 10.1. The number of esters is 1. The van der Waals surface area contributed by atoms with Crippen molar-refractivity contribution in [2.24, 2.45) is 0 Å². The van der Waals surface area contributed by atoms with E-state index in [4.69, 9.17) is 10.5 Å². The molecule has 0 spiro atoms. The second-order valence-electron chi connectivity index (χ2n) is 4.22. The molecule has 0 fully saturated rings. The number of methoxy groups -OCH3 is 1. The number of rotatable bonds is 5. The quantitative estimate of drug-likeness (QED) is 0.654. The number of thiazole rings is 1. The second kappa shape index (κ2) is 6.38. The number of ether oxygens (including phenoxy) is 1. The van der Waals surface area contributed by atoms with E-state index in [0.717, 1.165) is 11.4 Å². The molecule has 0 radical (unpaired) electrons. The Balaban J connectivity index is 2.10.